The number of carbonyl (C=O) groups excluding carboxylic acids is 1. The van der Waals surface area contributed by atoms with Crippen molar-refractivity contribution in [2.75, 3.05) is 7.05 Å². The van der Waals surface area contributed by atoms with Crippen LogP contribution in [0.25, 0.3) is 0 Å². The molecule has 0 bridgehead atoms. The Hall–Kier alpha value is -1.06. The first-order valence-corrected chi connectivity index (χ1v) is 6.67. The van der Waals surface area contributed by atoms with Crippen LogP contribution in [0.2, 0.25) is 5.02 Å². The molecular weight excluding hydrogens is 248 g/mol. The molecule has 0 saturated heterocycles. The van der Waals surface area contributed by atoms with Crippen LogP contribution in [0, 0.1) is 0 Å². The molecule has 100 valence electrons. The maximum absolute atomic E-state index is 12.0. The van der Waals surface area contributed by atoms with Gasteiger partial charge in [-0.3, -0.25) is 4.79 Å². The number of halogens is 1. The molecule has 0 heterocycles. The number of likely N-dealkylation sites (N-methyl/N-ethyl adjacent to an activating group) is 1. The lowest BCUT2D eigenvalue weighted by Gasteiger charge is -2.21. The van der Waals surface area contributed by atoms with Gasteiger partial charge in [-0.15, -0.1) is 0 Å². The summed E-state index contributed by atoms with van der Waals surface area (Å²) in [7, 11) is 1.78. The zero-order valence-electron chi connectivity index (χ0n) is 11.0. The van der Waals surface area contributed by atoms with Crippen molar-refractivity contribution in [3.8, 4) is 0 Å². The van der Waals surface area contributed by atoms with Crippen LogP contribution in [0.4, 0.5) is 0 Å². The van der Waals surface area contributed by atoms with Gasteiger partial charge in [-0.1, -0.05) is 43.5 Å². The summed E-state index contributed by atoms with van der Waals surface area (Å²) in [6, 6.07) is 7.11. The topological polar surface area (TPSA) is 46.3 Å². The Labute approximate surface area is 114 Å². The minimum atomic E-state index is -0.387. The predicted molar refractivity (Wildman–Crippen MR) is 75.4 cm³/mol. The zero-order chi connectivity index (χ0) is 13.5. The second-order valence-electron chi connectivity index (χ2n) is 4.57. The van der Waals surface area contributed by atoms with Crippen LogP contribution in [0.15, 0.2) is 24.3 Å². The summed E-state index contributed by atoms with van der Waals surface area (Å²) >= 11 is 5.82. The number of unbranched alkanes of at least 4 members (excludes halogenated alkanes) is 1. The molecule has 0 aliphatic rings. The molecule has 1 amide bonds. The minimum absolute atomic E-state index is 0.00148. The molecule has 0 aromatic heterocycles. The maximum Gasteiger partial charge on any atom is 0.239 e. The summed E-state index contributed by atoms with van der Waals surface area (Å²) < 4.78 is 0. The first-order chi connectivity index (χ1) is 8.54. The van der Waals surface area contributed by atoms with Crippen molar-refractivity contribution in [3.63, 3.8) is 0 Å². The molecule has 1 unspecified atom stereocenters. The van der Waals surface area contributed by atoms with E-state index in [1.54, 1.807) is 11.9 Å². The largest absolute Gasteiger partial charge is 0.340 e. The number of hydrogen-bond donors (Lipinski definition) is 1. The van der Waals surface area contributed by atoms with E-state index in [1.165, 1.54) is 0 Å². The number of carbonyl (C=O) groups is 1. The summed E-state index contributed by atoms with van der Waals surface area (Å²) in [5.41, 5.74) is 6.92. The highest BCUT2D eigenvalue weighted by atomic mass is 35.5. The van der Waals surface area contributed by atoms with Gasteiger partial charge in [0.2, 0.25) is 5.91 Å². The molecule has 0 radical (unpaired) electrons. The van der Waals surface area contributed by atoms with E-state index in [0.29, 0.717) is 11.6 Å². The highest BCUT2D eigenvalue weighted by molar-refractivity contribution is 6.30. The molecule has 0 fully saturated rings. The lowest BCUT2D eigenvalue weighted by atomic mass is 10.1. The van der Waals surface area contributed by atoms with E-state index in [0.717, 1.165) is 24.8 Å². The number of nitrogens with two attached hydrogens (primary N) is 1. The lowest BCUT2D eigenvalue weighted by molar-refractivity contribution is -0.132. The summed E-state index contributed by atoms with van der Waals surface area (Å²) in [6.45, 7) is 2.66. The molecule has 0 spiro atoms. The maximum atomic E-state index is 12.0. The third kappa shape index (κ3) is 4.67. The molecule has 2 N–H and O–H groups in total. The van der Waals surface area contributed by atoms with E-state index in [1.807, 2.05) is 24.3 Å². The molecule has 18 heavy (non-hydrogen) atoms. The van der Waals surface area contributed by atoms with Crippen molar-refractivity contribution in [2.24, 2.45) is 5.73 Å². The molecular formula is C14H21ClN2O. The second-order valence-corrected chi connectivity index (χ2v) is 5.01. The fourth-order valence-electron chi connectivity index (χ4n) is 1.77. The zero-order valence-corrected chi connectivity index (χ0v) is 11.8. The van der Waals surface area contributed by atoms with E-state index < -0.39 is 0 Å². The Bertz CT molecular complexity index is 378. The number of rotatable bonds is 6. The van der Waals surface area contributed by atoms with Crippen LogP contribution < -0.4 is 5.73 Å². The number of amides is 1. The Morgan fingerprint density at radius 1 is 1.39 bits per heavy atom. The fourth-order valence-corrected chi connectivity index (χ4v) is 1.90. The van der Waals surface area contributed by atoms with Crippen LogP contribution in [0.1, 0.15) is 31.7 Å². The summed E-state index contributed by atoms with van der Waals surface area (Å²) in [4.78, 5) is 13.7. The lowest BCUT2D eigenvalue weighted by Crippen LogP contribution is -2.41. The average molecular weight is 269 g/mol. The molecule has 1 aromatic rings. The second kappa shape index (κ2) is 7.39. The van der Waals surface area contributed by atoms with Gasteiger partial charge in [0.1, 0.15) is 0 Å². The molecule has 4 heteroatoms. The van der Waals surface area contributed by atoms with Crippen LogP contribution in [-0.2, 0) is 11.3 Å². The normalized spacial score (nSPS) is 12.2. The van der Waals surface area contributed by atoms with Crippen molar-refractivity contribution in [2.45, 2.75) is 38.8 Å². The Balaban J connectivity index is 2.51. The fraction of sp³-hybridized carbons (Fsp3) is 0.500. The van der Waals surface area contributed by atoms with Gasteiger partial charge in [0.15, 0.2) is 0 Å². The van der Waals surface area contributed by atoms with Gasteiger partial charge in [0.05, 0.1) is 6.04 Å². The average Bonchev–Trinajstić information content (AvgIpc) is 2.37. The number of hydrogen-bond acceptors (Lipinski definition) is 2. The standard InChI is InChI=1S/C14H21ClN2O/c1-3-4-5-13(16)14(18)17(2)10-11-6-8-12(15)9-7-11/h6-9,13H,3-5,10,16H2,1-2H3. The first kappa shape index (κ1) is 15.0. The van der Waals surface area contributed by atoms with Crippen molar-refractivity contribution in [3.05, 3.63) is 34.9 Å². The molecule has 0 aliphatic carbocycles. The number of benzene rings is 1. The molecule has 1 atom stereocenters. The predicted octanol–water partition coefficient (Wildman–Crippen LogP) is 2.82. The first-order valence-electron chi connectivity index (χ1n) is 6.29. The molecule has 0 aliphatic heterocycles. The third-order valence-electron chi connectivity index (χ3n) is 2.90. The van der Waals surface area contributed by atoms with Gasteiger partial charge in [0.25, 0.3) is 0 Å². The minimum Gasteiger partial charge on any atom is -0.340 e. The Morgan fingerprint density at radius 3 is 2.56 bits per heavy atom. The van der Waals surface area contributed by atoms with Gasteiger partial charge in [-0.05, 0) is 24.1 Å². The summed E-state index contributed by atoms with van der Waals surface area (Å²) in [6.07, 6.45) is 2.80. The van der Waals surface area contributed by atoms with Crippen molar-refractivity contribution >= 4 is 17.5 Å². The van der Waals surface area contributed by atoms with E-state index >= 15 is 0 Å². The van der Waals surface area contributed by atoms with Gasteiger partial charge in [-0.25, -0.2) is 0 Å². The van der Waals surface area contributed by atoms with Crippen LogP contribution in [0.3, 0.4) is 0 Å². The van der Waals surface area contributed by atoms with Gasteiger partial charge >= 0.3 is 0 Å². The van der Waals surface area contributed by atoms with Crippen LogP contribution >= 0.6 is 11.6 Å². The van der Waals surface area contributed by atoms with Crippen LogP contribution in [-0.4, -0.2) is 23.9 Å². The SMILES string of the molecule is CCCCC(N)C(=O)N(C)Cc1ccc(Cl)cc1. The highest BCUT2D eigenvalue weighted by Gasteiger charge is 2.17. The van der Waals surface area contributed by atoms with E-state index in [2.05, 4.69) is 6.92 Å². The monoisotopic (exact) mass is 268 g/mol. The van der Waals surface area contributed by atoms with Gasteiger partial charge in [0, 0.05) is 18.6 Å². The smallest absolute Gasteiger partial charge is 0.239 e. The Kier molecular flexibility index (Phi) is 6.16. The summed E-state index contributed by atoms with van der Waals surface area (Å²) in [5, 5.41) is 0.701. The Morgan fingerprint density at radius 2 is 2.00 bits per heavy atom. The van der Waals surface area contributed by atoms with E-state index in [9.17, 15) is 4.79 Å². The molecule has 1 rings (SSSR count). The van der Waals surface area contributed by atoms with Crippen molar-refractivity contribution in [1.29, 1.82) is 0 Å². The van der Waals surface area contributed by atoms with Gasteiger partial charge < -0.3 is 10.6 Å². The molecule has 1 aromatic carbocycles. The third-order valence-corrected chi connectivity index (χ3v) is 3.15. The molecule has 3 nitrogen and oxygen atoms in total. The van der Waals surface area contributed by atoms with E-state index in [4.69, 9.17) is 17.3 Å². The van der Waals surface area contributed by atoms with Crippen molar-refractivity contribution < 1.29 is 4.79 Å². The van der Waals surface area contributed by atoms with E-state index in [-0.39, 0.29) is 11.9 Å². The molecule has 0 saturated carbocycles. The van der Waals surface area contributed by atoms with Crippen molar-refractivity contribution in [1.82, 2.24) is 4.90 Å². The quantitative estimate of drug-likeness (QED) is 0.862. The van der Waals surface area contributed by atoms with Gasteiger partial charge in [-0.2, -0.15) is 0 Å². The van der Waals surface area contributed by atoms with Crippen LogP contribution in [0.5, 0.6) is 0 Å². The summed E-state index contributed by atoms with van der Waals surface area (Å²) in [5.74, 6) is -0.00148. The highest BCUT2D eigenvalue weighted by Crippen LogP contribution is 2.11. The number of nitrogens with zero attached hydrogens (tertiary/aromatic N) is 1.